The molecule has 2 aliphatic carbocycles. The van der Waals surface area contributed by atoms with Crippen molar-refractivity contribution in [2.75, 3.05) is 11.9 Å². The highest BCUT2D eigenvalue weighted by Gasteiger charge is 2.51. The molecule has 200 valence electrons. The van der Waals surface area contributed by atoms with Crippen LogP contribution in [0.2, 0.25) is 5.02 Å². The molecule has 0 aliphatic heterocycles. The van der Waals surface area contributed by atoms with Gasteiger partial charge in [0.2, 0.25) is 0 Å². The monoisotopic (exact) mass is 558 g/mol. The SMILES string of the molecule is C[C@@H](COc1ccnc2ccsc12)CC1=Cc2ccccc2C12CCC(Nc1cccc(Cl)c1)(C(=O)O)CC2. The maximum atomic E-state index is 12.6. The number of nitrogens with one attached hydrogen (secondary N) is 1. The third-order valence-corrected chi connectivity index (χ3v) is 9.55. The molecule has 0 bridgehead atoms. The van der Waals surface area contributed by atoms with Gasteiger partial charge in [-0.2, -0.15) is 0 Å². The van der Waals surface area contributed by atoms with Gasteiger partial charge in [0, 0.05) is 22.3 Å². The standard InChI is InChI=1S/C32H31ClN2O3S/c1-21(20-38-28-9-15-34-27-10-16-39-29(27)28)17-23-18-22-5-2-3-8-26(22)31(23)11-13-32(14-12-31,30(36)37)35-25-7-4-6-24(33)19-25/h2-10,15-16,18-19,21,35H,11-14,17,20H2,1H3,(H,36,37)/t21-,31?,32?/m1/s1. The van der Waals surface area contributed by atoms with Crippen molar-refractivity contribution < 1.29 is 14.6 Å². The Morgan fingerprint density at radius 3 is 2.74 bits per heavy atom. The Morgan fingerprint density at radius 2 is 1.95 bits per heavy atom. The van der Waals surface area contributed by atoms with Crippen LogP contribution in [-0.4, -0.2) is 28.2 Å². The van der Waals surface area contributed by atoms with Crippen molar-refractivity contribution in [2.45, 2.75) is 50.0 Å². The highest BCUT2D eigenvalue weighted by molar-refractivity contribution is 7.17. The lowest BCUT2D eigenvalue weighted by atomic mass is 9.61. The Morgan fingerprint density at radius 1 is 1.13 bits per heavy atom. The fourth-order valence-electron chi connectivity index (χ4n) is 6.37. The summed E-state index contributed by atoms with van der Waals surface area (Å²) in [4.78, 5) is 17.1. The number of carbonyl (C=O) groups is 1. The lowest BCUT2D eigenvalue weighted by Crippen LogP contribution is -2.52. The second-order valence-corrected chi connectivity index (χ2v) is 12.3. The lowest BCUT2D eigenvalue weighted by Gasteiger charge is -2.46. The summed E-state index contributed by atoms with van der Waals surface area (Å²) >= 11 is 7.84. The van der Waals surface area contributed by atoms with Crippen LogP contribution in [0.15, 0.2) is 77.8 Å². The van der Waals surface area contributed by atoms with Crippen LogP contribution in [0.25, 0.3) is 16.3 Å². The Balaban J connectivity index is 1.21. The molecule has 39 heavy (non-hydrogen) atoms. The number of ether oxygens (including phenoxy) is 1. The van der Waals surface area contributed by atoms with Gasteiger partial charge in [0.05, 0.1) is 16.8 Å². The molecule has 0 radical (unpaired) electrons. The third kappa shape index (κ3) is 4.81. The second kappa shape index (κ2) is 10.3. The minimum absolute atomic E-state index is 0.155. The van der Waals surface area contributed by atoms with Gasteiger partial charge < -0.3 is 15.2 Å². The van der Waals surface area contributed by atoms with Crippen molar-refractivity contribution in [1.82, 2.24) is 4.98 Å². The highest BCUT2D eigenvalue weighted by atomic mass is 35.5. The van der Waals surface area contributed by atoms with E-state index < -0.39 is 11.5 Å². The minimum Gasteiger partial charge on any atom is -0.492 e. The summed E-state index contributed by atoms with van der Waals surface area (Å²) in [7, 11) is 0. The molecule has 2 heterocycles. The zero-order valence-electron chi connectivity index (χ0n) is 21.8. The van der Waals surface area contributed by atoms with E-state index in [1.165, 1.54) is 16.7 Å². The second-order valence-electron chi connectivity index (χ2n) is 10.9. The van der Waals surface area contributed by atoms with Crippen molar-refractivity contribution >= 4 is 50.9 Å². The molecule has 1 fully saturated rings. The van der Waals surface area contributed by atoms with Crippen LogP contribution in [0.3, 0.4) is 0 Å². The first kappa shape index (κ1) is 25.9. The van der Waals surface area contributed by atoms with Crippen molar-refractivity contribution in [2.24, 2.45) is 5.92 Å². The number of carboxylic acids is 1. The first-order chi connectivity index (χ1) is 18.9. The molecule has 0 unspecified atom stereocenters. The van der Waals surface area contributed by atoms with E-state index in [4.69, 9.17) is 16.3 Å². The number of fused-ring (bicyclic) bond motifs is 3. The van der Waals surface area contributed by atoms with Gasteiger partial charge in [-0.25, -0.2) is 4.79 Å². The predicted octanol–water partition coefficient (Wildman–Crippen LogP) is 8.20. The van der Waals surface area contributed by atoms with Crippen LogP contribution in [0, 0.1) is 5.92 Å². The van der Waals surface area contributed by atoms with Gasteiger partial charge in [0.25, 0.3) is 0 Å². The van der Waals surface area contributed by atoms with Crippen LogP contribution in [0.5, 0.6) is 5.75 Å². The zero-order valence-corrected chi connectivity index (χ0v) is 23.4. The Labute approximate surface area is 237 Å². The molecule has 2 aromatic heterocycles. The molecule has 1 spiro atoms. The molecule has 7 heteroatoms. The van der Waals surface area contributed by atoms with Crippen LogP contribution in [0.4, 0.5) is 5.69 Å². The van der Waals surface area contributed by atoms with Crippen molar-refractivity contribution in [3.63, 3.8) is 0 Å². The Hall–Kier alpha value is -3.35. The molecule has 2 N–H and O–H groups in total. The molecule has 2 aliphatic rings. The topological polar surface area (TPSA) is 71.5 Å². The lowest BCUT2D eigenvalue weighted by molar-refractivity contribution is -0.143. The molecule has 0 saturated heterocycles. The van der Waals surface area contributed by atoms with Gasteiger partial charge in [0.1, 0.15) is 11.3 Å². The number of nitrogens with zero attached hydrogens (tertiary/aromatic N) is 1. The Kier molecular flexibility index (Phi) is 6.86. The number of pyridine rings is 1. The average Bonchev–Trinajstić information content (AvgIpc) is 3.52. The normalized spacial score (nSPS) is 22.9. The fourth-order valence-corrected chi connectivity index (χ4v) is 7.38. The maximum absolute atomic E-state index is 12.6. The number of rotatable bonds is 8. The fraction of sp³-hybridized carbons (Fsp3) is 0.312. The number of allylic oxidation sites excluding steroid dienone is 1. The molecular weight excluding hydrogens is 528 g/mol. The van der Waals surface area contributed by atoms with E-state index in [1.807, 2.05) is 29.6 Å². The first-order valence-corrected chi connectivity index (χ1v) is 14.7. The number of aliphatic carboxylic acids is 1. The van der Waals surface area contributed by atoms with E-state index in [2.05, 4.69) is 47.6 Å². The van der Waals surface area contributed by atoms with E-state index in [9.17, 15) is 9.90 Å². The zero-order chi connectivity index (χ0) is 27.0. The summed E-state index contributed by atoms with van der Waals surface area (Å²) in [6, 6.07) is 19.9. The van der Waals surface area contributed by atoms with Crippen LogP contribution >= 0.6 is 22.9 Å². The van der Waals surface area contributed by atoms with Crippen LogP contribution < -0.4 is 10.1 Å². The van der Waals surface area contributed by atoms with E-state index in [1.54, 1.807) is 29.7 Å². The molecule has 5 nitrogen and oxygen atoms in total. The van der Waals surface area contributed by atoms with Crippen LogP contribution in [0.1, 0.15) is 50.2 Å². The van der Waals surface area contributed by atoms with Crippen LogP contribution in [-0.2, 0) is 10.2 Å². The van der Waals surface area contributed by atoms with Crippen molar-refractivity contribution in [1.29, 1.82) is 0 Å². The number of aromatic nitrogens is 1. The number of hydrogen-bond donors (Lipinski definition) is 2. The van der Waals surface area contributed by atoms with Gasteiger partial charge in [-0.15, -0.1) is 11.3 Å². The van der Waals surface area contributed by atoms with Gasteiger partial charge in [-0.3, -0.25) is 4.98 Å². The third-order valence-electron chi connectivity index (χ3n) is 8.39. The minimum atomic E-state index is -1.03. The largest absolute Gasteiger partial charge is 0.492 e. The number of carboxylic acid groups (broad SMARTS) is 1. The van der Waals surface area contributed by atoms with Gasteiger partial charge >= 0.3 is 5.97 Å². The quantitative estimate of drug-likeness (QED) is 0.228. The summed E-state index contributed by atoms with van der Waals surface area (Å²) < 4.78 is 7.37. The smallest absolute Gasteiger partial charge is 0.329 e. The van der Waals surface area contributed by atoms with Crippen molar-refractivity contribution in [3.8, 4) is 5.75 Å². The number of thiophene rings is 1. The van der Waals surface area contributed by atoms with Gasteiger partial charge in [-0.1, -0.05) is 60.5 Å². The Bertz CT molecular complexity index is 1550. The van der Waals surface area contributed by atoms with Gasteiger partial charge in [-0.05, 0) is 84.9 Å². The molecular formula is C32H31ClN2O3S. The van der Waals surface area contributed by atoms with E-state index in [0.29, 0.717) is 30.4 Å². The molecule has 1 saturated carbocycles. The molecule has 0 amide bonds. The average molecular weight is 559 g/mol. The van der Waals surface area contributed by atoms with E-state index in [0.717, 1.165) is 40.9 Å². The molecule has 2 aromatic carbocycles. The van der Waals surface area contributed by atoms with E-state index in [-0.39, 0.29) is 5.41 Å². The maximum Gasteiger partial charge on any atom is 0.329 e. The molecule has 1 atom stereocenters. The van der Waals surface area contributed by atoms with Crippen molar-refractivity contribution in [3.05, 3.63) is 94.0 Å². The van der Waals surface area contributed by atoms with E-state index >= 15 is 0 Å². The first-order valence-electron chi connectivity index (χ1n) is 13.4. The predicted molar refractivity (Wildman–Crippen MR) is 159 cm³/mol. The molecule has 4 aromatic rings. The molecule has 6 rings (SSSR count). The highest BCUT2D eigenvalue weighted by Crippen LogP contribution is 2.55. The number of halogens is 1. The van der Waals surface area contributed by atoms with Gasteiger partial charge in [0.15, 0.2) is 0 Å². The summed E-state index contributed by atoms with van der Waals surface area (Å²) in [5, 5.41) is 16.3. The number of anilines is 1. The summed E-state index contributed by atoms with van der Waals surface area (Å²) in [5.41, 5.74) is 4.49. The summed E-state index contributed by atoms with van der Waals surface area (Å²) in [6.45, 7) is 2.84. The summed E-state index contributed by atoms with van der Waals surface area (Å²) in [6.07, 6.45) is 7.63. The number of benzene rings is 2. The summed E-state index contributed by atoms with van der Waals surface area (Å²) in [5.74, 6) is 0.366. The number of hydrogen-bond acceptors (Lipinski definition) is 5.